The van der Waals surface area contributed by atoms with Crippen molar-refractivity contribution in [1.29, 1.82) is 0 Å². The summed E-state index contributed by atoms with van der Waals surface area (Å²) in [7, 11) is 0. The van der Waals surface area contributed by atoms with Gasteiger partial charge in [0.1, 0.15) is 5.75 Å². The third-order valence-electron chi connectivity index (χ3n) is 5.19. The molecule has 0 spiro atoms. The van der Waals surface area contributed by atoms with E-state index in [1.54, 1.807) is 11.3 Å². The van der Waals surface area contributed by atoms with Crippen molar-refractivity contribution in [2.24, 2.45) is 5.73 Å². The highest BCUT2D eigenvalue weighted by molar-refractivity contribution is 7.17. The zero-order valence-corrected chi connectivity index (χ0v) is 15.8. The minimum atomic E-state index is 0.300. The molecule has 0 amide bonds. The van der Waals surface area contributed by atoms with Crippen LogP contribution in [0.25, 0.3) is 32.1 Å². The number of fused-ring (bicyclic) bond motifs is 3. The van der Waals surface area contributed by atoms with Gasteiger partial charge in [-0.15, -0.1) is 11.3 Å². The summed E-state index contributed by atoms with van der Waals surface area (Å²) in [5.74, 6) is 0.673. The van der Waals surface area contributed by atoms with E-state index in [-0.39, 0.29) is 0 Å². The van der Waals surface area contributed by atoms with Crippen molar-refractivity contribution in [1.82, 2.24) is 4.98 Å². The largest absolute Gasteiger partial charge is 0.507 e. The first kappa shape index (κ1) is 17.0. The van der Waals surface area contributed by atoms with Crippen LogP contribution in [0.1, 0.15) is 30.4 Å². The zero-order valence-electron chi connectivity index (χ0n) is 15.0. The molecular weight excluding hydrogens is 340 g/mol. The molecule has 3 nitrogen and oxygen atoms in total. The van der Waals surface area contributed by atoms with Gasteiger partial charge in [-0.05, 0) is 60.0 Å². The Morgan fingerprint density at radius 2 is 1.96 bits per heavy atom. The number of benzene rings is 2. The second kappa shape index (κ2) is 6.71. The van der Waals surface area contributed by atoms with Crippen molar-refractivity contribution in [3.05, 3.63) is 59.1 Å². The number of aryl methyl sites for hydroxylation is 1. The molecule has 0 saturated heterocycles. The zero-order chi connectivity index (χ0) is 18.3. The second-order valence-electron chi connectivity index (χ2n) is 6.73. The standard InChI is InChI=1S/C22H22N2OS/c1-3-14(11-23)15-4-6-16(7-5-15)20-18(25)10-13(2)22-21(20)17-8-9-26-19(17)12-24-22/h4-10,12,14,25H,3,11,23H2,1-2H3. The molecule has 0 bridgehead atoms. The van der Waals surface area contributed by atoms with E-state index < -0.39 is 0 Å². The molecule has 132 valence electrons. The molecular formula is C22H22N2OS. The first-order valence-corrected chi connectivity index (χ1v) is 9.80. The predicted molar refractivity (Wildman–Crippen MR) is 111 cm³/mol. The Morgan fingerprint density at radius 3 is 2.65 bits per heavy atom. The molecule has 4 heteroatoms. The normalized spacial score (nSPS) is 12.7. The molecule has 0 radical (unpaired) electrons. The van der Waals surface area contributed by atoms with Crippen molar-refractivity contribution < 1.29 is 5.11 Å². The highest BCUT2D eigenvalue weighted by atomic mass is 32.1. The van der Waals surface area contributed by atoms with Crippen LogP contribution in [0, 0.1) is 6.92 Å². The maximum atomic E-state index is 10.8. The molecule has 2 heterocycles. The van der Waals surface area contributed by atoms with E-state index in [4.69, 9.17) is 5.73 Å². The van der Waals surface area contributed by atoms with Gasteiger partial charge >= 0.3 is 0 Å². The summed E-state index contributed by atoms with van der Waals surface area (Å²) in [5, 5.41) is 15.0. The molecule has 3 N–H and O–H groups in total. The van der Waals surface area contributed by atoms with Crippen LogP contribution in [0.3, 0.4) is 0 Å². The molecule has 1 unspecified atom stereocenters. The molecule has 2 aromatic carbocycles. The van der Waals surface area contributed by atoms with E-state index in [1.807, 2.05) is 19.2 Å². The lowest BCUT2D eigenvalue weighted by molar-refractivity contribution is 0.477. The summed E-state index contributed by atoms with van der Waals surface area (Å²) in [6, 6.07) is 12.4. The number of nitrogens with zero attached hydrogens (tertiary/aromatic N) is 1. The van der Waals surface area contributed by atoms with Crippen LogP contribution in [-0.2, 0) is 0 Å². The number of hydrogen-bond acceptors (Lipinski definition) is 4. The number of pyridine rings is 1. The van der Waals surface area contributed by atoms with E-state index in [9.17, 15) is 5.11 Å². The summed E-state index contributed by atoms with van der Waals surface area (Å²) in [4.78, 5) is 4.66. The minimum Gasteiger partial charge on any atom is -0.507 e. The van der Waals surface area contributed by atoms with Crippen LogP contribution >= 0.6 is 11.3 Å². The molecule has 0 aliphatic carbocycles. The van der Waals surface area contributed by atoms with Crippen molar-refractivity contribution in [3.63, 3.8) is 0 Å². The Morgan fingerprint density at radius 1 is 1.19 bits per heavy atom. The molecule has 0 saturated carbocycles. The summed E-state index contributed by atoms with van der Waals surface area (Å²) < 4.78 is 1.13. The number of phenols is 1. The maximum absolute atomic E-state index is 10.8. The van der Waals surface area contributed by atoms with Gasteiger partial charge in [-0.3, -0.25) is 4.98 Å². The monoisotopic (exact) mass is 362 g/mol. The average Bonchev–Trinajstić information content (AvgIpc) is 3.13. The van der Waals surface area contributed by atoms with Crippen molar-refractivity contribution in [2.45, 2.75) is 26.2 Å². The predicted octanol–water partition coefficient (Wildman–Crippen LogP) is 5.58. The Kier molecular flexibility index (Phi) is 4.39. The molecule has 4 aromatic rings. The average molecular weight is 362 g/mol. The van der Waals surface area contributed by atoms with E-state index in [2.05, 4.69) is 47.6 Å². The number of rotatable bonds is 4. The molecule has 4 rings (SSSR count). The summed E-state index contributed by atoms with van der Waals surface area (Å²) in [6.45, 7) is 4.80. The Hall–Kier alpha value is -2.43. The van der Waals surface area contributed by atoms with Crippen LogP contribution in [0.4, 0.5) is 0 Å². The number of aromatic nitrogens is 1. The van der Waals surface area contributed by atoms with Gasteiger partial charge < -0.3 is 10.8 Å². The van der Waals surface area contributed by atoms with Gasteiger partial charge in [0.25, 0.3) is 0 Å². The van der Waals surface area contributed by atoms with Crippen LogP contribution in [0.15, 0.2) is 48.0 Å². The number of nitrogens with two attached hydrogens (primary N) is 1. The quantitative estimate of drug-likeness (QED) is 0.498. The lowest BCUT2D eigenvalue weighted by Gasteiger charge is -2.15. The van der Waals surface area contributed by atoms with E-state index in [0.29, 0.717) is 18.2 Å². The van der Waals surface area contributed by atoms with Gasteiger partial charge in [0.2, 0.25) is 0 Å². The second-order valence-corrected chi connectivity index (χ2v) is 7.68. The maximum Gasteiger partial charge on any atom is 0.124 e. The number of phenolic OH excluding ortho intramolecular Hbond substituents is 1. The highest BCUT2D eigenvalue weighted by Gasteiger charge is 2.17. The van der Waals surface area contributed by atoms with Crippen LogP contribution < -0.4 is 5.73 Å². The molecule has 2 aromatic heterocycles. The van der Waals surface area contributed by atoms with Gasteiger partial charge in [-0.2, -0.15) is 0 Å². The van der Waals surface area contributed by atoms with Gasteiger partial charge in [-0.1, -0.05) is 31.2 Å². The Balaban J connectivity index is 1.98. The Labute approximate surface area is 157 Å². The fourth-order valence-corrected chi connectivity index (χ4v) is 4.48. The molecule has 1 atom stereocenters. The lowest BCUT2D eigenvalue weighted by Crippen LogP contribution is -2.11. The topological polar surface area (TPSA) is 59.1 Å². The van der Waals surface area contributed by atoms with Gasteiger partial charge in [0, 0.05) is 22.5 Å². The van der Waals surface area contributed by atoms with Crippen LogP contribution in [0.5, 0.6) is 5.75 Å². The molecule has 26 heavy (non-hydrogen) atoms. The molecule has 0 fully saturated rings. The van der Waals surface area contributed by atoms with Gasteiger partial charge in [0.15, 0.2) is 0 Å². The van der Waals surface area contributed by atoms with Crippen molar-refractivity contribution in [2.75, 3.05) is 6.54 Å². The van der Waals surface area contributed by atoms with Crippen molar-refractivity contribution in [3.8, 4) is 16.9 Å². The summed E-state index contributed by atoms with van der Waals surface area (Å²) in [5.41, 5.74) is 10.9. The molecule has 0 aliphatic heterocycles. The Bertz CT molecular complexity index is 1080. The van der Waals surface area contributed by atoms with Crippen LogP contribution in [0.2, 0.25) is 0 Å². The summed E-state index contributed by atoms with van der Waals surface area (Å²) in [6.07, 6.45) is 2.94. The van der Waals surface area contributed by atoms with E-state index in [1.165, 1.54) is 5.56 Å². The fraction of sp³-hybridized carbons (Fsp3) is 0.227. The third-order valence-corrected chi connectivity index (χ3v) is 6.04. The van der Waals surface area contributed by atoms with Gasteiger partial charge in [0.05, 0.1) is 10.2 Å². The van der Waals surface area contributed by atoms with E-state index >= 15 is 0 Å². The van der Waals surface area contributed by atoms with Gasteiger partial charge in [-0.25, -0.2) is 0 Å². The third kappa shape index (κ3) is 2.66. The van der Waals surface area contributed by atoms with Crippen LogP contribution in [-0.4, -0.2) is 16.6 Å². The minimum absolute atomic E-state index is 0.300. The number of aromatic hydroxyl groups is 1. The number of thiophene rings is 1. The molecule has 0 aliphatic rings. The first-order valence-electron chi connectivity index (χ1n) is 8.93. The fourth-order valence-electron chi connectivity index (χ4n) is 3.72. The smallest absolute Gasteiger partial charge is 0.124 e. The first-order chi connectivity index (χ1) is 12.6. The number of hydrogen-bond donors (Lipinski definition) is 2. The lowest BCUT2D eigenvalue weighted by atomic mass is 9.91. The SMILES string of the molecule is CCC(CN)c1ccc(-c2c(O)cc(C)c3ncc4sccc4c23)cc1. The van der Waals surface area contributed by atoms with Crippen molar-refractivity contribution >= 4 is 32.3 Å². The highest BCUT2D eigenvalue weighted by Crippen LogP contribution is 2.42. The summed E-state index contributed by atoms with van der Waals surface area (Å²) >= 11 is 1.67. The van der Waals surface area contributed by atoms with E-state index in [0.717, 1.165) is 44.1 Å².